The highest BCUT2D eigenvalue weighted by molar-refractivity contribution is 7.90. The monoisotopic (exact) mass is 473 g/mol. The summed E-state index contributed by atoms with van der Waals surface area (Å²) in [6.07, 6.45) is 3.89. The predicted octanol–water partition coefficient (Wildman–Crippen LogP) is 2.96. The van der Waals surface area contributed by atoms with Crippen LogP contribution in [0.5, 0.6) is 5.75 Å². The van der Waals surface area contributed by atoms with Crippen LogP contribution in [0.1, 0.15) is 42.5 Å². The third-order valence-electron chi connectivity index (χ3n) is 7.02. The Morgan fingerprint density at radius 1 is 1.23 bits per heavy atom. The fourth-order valence-electron chi connectivity index (χ4n) is 5.94. The number of carbonyl (C=O) groups is 2. The molecule has 170 valence electrons. The van der Waals surface area contributed by atoms with Crippen molar-refractivity contribution in [1.82, 2.24) is 4.72 Å². The number of benzene rings is 1. The minimum absolute atomic E-state index is 0.0445. The second-order valence-electron chi connectivity index (χ2n) is 8.97. The second-order valence-corrected chi connectivity index (χ2v) is 11.3. The first-order valence-corrected chi connectivity index (χ1v) is 12.3. The van der Waals surface area contributed by atoms with Crippen LogP contribution < -0.4 is 9.46 Å². The smallest absolute Gasteiger partial charge is 0.311 e. The quantitative estimate of drug-likeness (QED) is 0.483. The van der Waals surface area contributed by atoms with E-state index in [2.05, 4.69) is 0 Å². The van der Waals surface area contributed by atoms with Gasteiger partial charge in [0.15, 0.2) is 5.78 Å². The number of ether oxygens (including phenoxy) is 2. The van der Waals surface area contributed by atoms with Gasteiger partial charge in [0, 0.05) is 6.07 Å². The van der Waals surface area contributed by atoms with E-state index in [9.17, 15) is 22.4 Å². The minimum Gasteiger partial charge on any atom is -0.488 e. The van der Waals surface area contributed by atoms with E-state index in [0.29, 0.717) is 18.8 Å². The van der Waals surface area contributed by atoms with Gasteiger partial charge in [-0.15, -0.1) is 0 Å². The number of ketones is 1. The van der Waals surface area contributed by atoms with Gasteiger partial charge in [-0.05, 0) is 63.0 Å². The molecule has 2 atom stereocenters. The lowest BCUT2D eigenvalue weighted by molar-refractivity contribution is -0.179. The summed E-state index contributed by atoms with van der Waals surface area (Å²) in [5, 5.41) is 0.0445. The van der Waals surface area contributed by atoms with Crippen molar-refractivity contribution >= 4 is 33.4 Å². The molecule has 4 aliphatic rings. The van der Waals surface area contributed by atoms with Gasteiger partial charge in [0.2, 0.25) is 10.0 Å². The number of rotatable bonds is 7. The molecule has 0 aliphatic heterocycles. The van der Waals surface area contributed by atoms with Crippen molar-refractivity contribution in [2.75, 3.05) is 19.9 Å². The van der Waals surface area contributed by atoms with Gasteiger partial charge in [0.05, 0.1) is 23.1 Å². The van der Waals surface area contributed by atoms with Crippen LogP contribution in [0, 0.1) is 29.0 Å². The maximum Gasteiger partial charge on any atom is 0.311 e. The lowest BCUT2D eigenvalue weighted by Gasteiger charge is -2.58. The van der Waals surface area contributed by atoms with Crippen LogP contribution in [0.4, 0.5) is 4.39 Å². The van der Waals surface area contributed by atoms with Crippen LogP contribution in [0.3, 0.4) is 0 Å². The largest absolute Gasteiger partial charge is 0.488 e. The third kappa shape index (κ3) is 4.07. The van der Waals surface area contributed by atoms with Crippen LogP contribution in [0.2, 0.25) is 5.02 Å². The normalized spacial score (nSPS) is 31.5. The average Bonchev–Trinajstić information content (AvgIpc) is 2.71. The fourth-order valence-corrected chi connectivity index (χ4v) is 6.79. The molecular weight excluding hydrogens is 449 g/mol. The van der Waals surface area contributed by atoms with Gasteiger partial charge < -0.3 is 9.47 Å². The predicted molar refractivity (Wildman–Crippen MR) is 111 cm³/mol. The molecule has 5 rings (SSSR count). The number of carbonyl (C=O) groups excluding carboxylic acids is 2. The molecule has 0 radical (unpaired) electrons. The molecule has 1 aromatic carbocycles. The number of esters is 1. The molecule has 0 saturated heterocycles. The van der Waals surface area contributed by atoms with Crippen molar-refractivity contribution in [2.24, 2.45) is 23.2 Å². The highest BCUT2D eigenvalue weighted by atomic mass is 35.5. The summed E-state index contributed by atoms with van der Waals surface area (Å²) in [6.45, 7) is 0. The van der Waals surface area contributed by atoms with Crippen LogP contribution in [0.25, 0.3) is 0 Å². The van der Waals surface area contributed by atoms with Gasteiger partial charge in [-0.25, -0.2) is 17.5 Å². The Balaban J connectivity index is 1.54. The molecule has 0 spiro atoms. The summed E-state index contributed by atoms with van der Waals surface area (Å²) in [6, 6.07) is 2.16. The van der Waals surface area contributed by atoms with Crippen LogP contribution >= 0.6 is 11.6 Å². The molecule has 1 N–H and O–H groups in total. The van der Waals surface area contributed by atoms with E-state index >= 15 is 0 Å². The summed E-state index contributed by atoms with van der Waals surface area (Å²) < 4.78 is 51.1. The highest BCUT2D eigenvalue weighted by Crippen LogP contribution is 2.61. The standard InChI is InChI=1S/C21H25ClFNO6S/c1-24-31(27,28)10-17(25)14-5-15(22)18(6-16(14)23)30-19-12-3-11-4-13(19)9-21(7-11,8-12)20(26)29-2/h5-6,11-13,19,24H,3-4,7-10H2,1-2H3. The lowest BCUT2D eigenvalue weighted by Crippen LogP contribution is -2.58. The van der Waals surface area contributed by atoms with Gasteiger partial charge in [0.25, 0.3) is 0 Å². The molecule has 4 aliphatic carbocycles. The maximum absolute atomic E-state index is 14.6. The van der Waals surface area contributed by atoms with Crippen molar-refractivity contribution in [1.29, 1.82) is 0 Å². The van der Waals surface area contributed by atoms with Gasteiger partial charge >= 0.3 is 5.97 Å². The number of halogens is 2. The van der Waals surface area contributed by atoms with Crippen molar-refractivity contribution in [3.63, 3.8) is 0 Å². The van der Waals surface area contributed by atoms with E-state index in [1.165, 1.54) is 14.2 Å². The molecule has 10 heteroatoms. The highest BCUT2D eigenvalue weighted by Gasteiger charge is 2.60. The van der Waals surface area contributed by atoms with E-state index in [4.69, 9.17) is 21.1 Å². The summed E-state index contributed by atoms with van der Waals surface area (Å²) in [5.74, 6) is -1.94. The molecule has 0 aromatic heterocycles. The van der Waals surface area contributed by atoms with Crippen molar-refractivity contribution in [2.45, 2.75) is 38.2 Å². The summed E-state index contributed by atoms with van der Waals surface area (Å²) in [5.41, 5.74) is -0.846. The average molecular weight is 474 g/mol. The Morgan fingerprint density at radius 2 is 1.87 bits per heavy atom. The molecule has 0 amide bonds. The van der Waals surface area contributed by atoms with Gasteiger partial charge in [-0.2, -0.15) is 0 Å². The Bertz CT molecular complexity index is 1010. The maximum atomic E-state index is 14.6. The number of sulfonamides is 1. The molecule has 1 aromatic rings. The number of methoxy groups -OCH3 is 1. The van der Waals surface area contributed by atoms with Crippen LogP contribution in [-0.4, -0.2) is 46.2 Å². The molecule has 4 fully saturated rings. The SMILES string of the molecule is CNS(=O)(=O)CC(=O)c1cc(Cl)c(OC2C3CC4CC2CC(C(=O)OC)(C4)C3)cc1F. The van der Waals surface area contributed by atoms with E-state index in [-0.39, 0.29) is 34.7 Å². The van der Waals surface area contributed by atoms with Gasteiger partial charge in [0.1, 0.15) is 23.4 Å². The Labute approximate surface area is 185 Å². The third-order valence-corrected chi connectivity index (χ3v) is 8.58. The number of Topliss-reactive ketones (excluding diaryl/α,β-unsaturated/α-hetero) is 1. The Morgan fingerprint density at radius 3 is 2.45 bits per heavy atom. The second kappa shape index (κ2) is 8.01. The zero-order chi connectivity index (χ0) is 22.6. The van der Waals surface area contributed by atoms with E-state index in [1.807, 2.05) is 4.72 Å². The van der Waals surface area contributed by atoms with Crippen molar-refractivity contribution < 1.29 is 31.9 Å². The lowest BCUT2D eigenvalue weighted by atomic mass is 9.48. The van der Waals surface area contributed by atoms with Gasteiger partial charge in [-0.3, -0.25) is 9.59 Å². The first-order valence-electron chi connectivity index (χ1n) is 10.3. The number of hydrogen-bond acceptors (Lipinski definition) is 6. The molecule has 7 nitrogen and oxygen atoms in total. The van der Waals surface area contributed by atoms with Crippen molar-refractivity contribution in [3.05, 3.63) is 28.5 Å². The molecule has 0 heterocycles. The van der Waals surface area contributed by atoms with Crippen LogP contribution in [0.15, 0.2) is 12.1 Å². The van der Waals surface area contributed by atoms with E-state index in [1.54, 1.807) is 0 Å². The zero-order valence-corrected chi connectivity index (χ0v) is 18.9. The van der Waals surface area contributed by atoms with E-state index in [0.717, 1.165) is 31.4 Å². The van der Waals surface area contributed by atoms with E-state index < -0.39 is 38.4 Å². The van der Waals surface area contributed by atoms with Crippen LogP contribution in [-0.2, 0) is 19.6 Å². The topological polar surface area (TPSA) is 98.8 Å². The summed E-state index contributed by atoms with van der Waals surface area (Å²) >= 11 is 6.28. The minimum atomic E-state index is -3.83. The van der Waals surface area contributed by atoms with Crippen molar-refractivity contribution in [3.8, 4) is 5.75 Å². The summed E-state index contributed by atoms with van der Waals surface area (Å²) in [7, 11) is -1.24. The first kappa shape index (κ1) is 22.5. The fraction of sp³-hybridized carbons (Fsp3) is 0.619. The molecule has 4 saturated carbocycles. The van der Waals surface area contributed by atoms with Gasteiger partial charge in [-0.1, -0.05) is 11.6 Å². The number of hydrogen-bond donors (Lipinski definition) is 1. The molecule has 4 bridgehead atoms. The summed E-state index contributed by atoms with van der Waals surface area (Å²) in [4.78, 5) is 24.7. The molecule has 2 unspecified atom stereocenters. The molecule has 31 heavy (non-hydrogen) atoms. The first-order chi connectivity index (χ1) is 14.6. The Hall–Kier alpha value is -1.71. The Kier molecular flexibility index (Phi) is 5.81. The number of nitrogens with one attached hydrogen (secondary N) is 1. The molecular formula is C21H25ClFNO6S. The zero-order valence-electron chi connectivity index (χ0n) is 17.3.